The van der Waals surface area contributed by atoms with Crippen LogP contribution in [-0.4, -0.2) is 58.2 Å². The first-order valence-electron chi connectivity index (χ1n) is 13.5. The second-order valence-corrected chi connectivity index (χ2v) is 9.27. The van der Waals surface area contributed by atoms with Crippen molar-refractivity contribution in [1.29, 1.82) is 0 Å². The minimum absolute atomic E-state index is 0.000230. The molecule has 5 N–H and O–H groups in total. The van der Waals surface area contributed by atoms with Crippen molar-refractivity contribution in [2.45, 2.75) is 84.7 Å². The van der Waals surface area contributed by atoms with Gasteiger partial charge in [-0.05, 0) is 51.4 Å². The standard InChI is InChI=1S/C22H32O2.C9H19NO4/c1-2-3-4-5-6-7-8-9-10-11-12-13-14-15-16-17-18-19-20-21-22(23)24;1-9(2,6-12)7(13)8(14)10-4-3-5-11/h3-4,6-7,9-10,12-13,15-16,18-19H,2,5,8,11,14,17,20-21H2,1H3,(H,23,24);7,11-13H,3-6H2,1-2H3,(H,10,14)/b4-3-,7-6-,10-9-,13-12-,16-15-,19-18-;/t;7-/m.0/s1. The summed E-state index contributed by atoms with van der Waals surface area (Å²) in [5.41, 5.74) is -0.844. The van der Waals surface area contributed by atoms with Crippen molar-refractivity contribution in [3.63, 3.8) is 0 Å². The SMILES string of the molecule is CC(C)(CO)[C@@H](O)C(=O)NCCCO.CC/C=C\C/C=C\C/C=C\C/C=C\C/C=C\C/C=C\CCC(=O)O. The molecular formula is C31H51NO6. The maximum Gasteiger partial charge on any atom is 0.303 e. The van der Waals surface area contributed by atoms with Crippen molar-refractivity contribution in [3.05, 3.63) is 72.9 Å². The zero-order chi connectivity index (χ0) is 28.9. The van der Waals surface area contributed by atoms with Crippen molar-refractivity contribution in [3.8, 4) is 0 Å². The van der Waals surface area contributed by atoms with E-state index in [2.05, 4.69) is 73.0 Å². The van der Waals surface area contributed by atoms with Crippen LogP contribution in [0.4, 0.5) is 0 Å². The number of carboxylic acid groups (broad SMARTS) is 1. The van der Waals surface area contributed by atoms with Gasteiger partial charge in [0.25, 0.3) is 0 Å². The molecule has 0 aliphatic carbocycles. The van der Waals surface area contributed by atoms with Crippen LogP contribution in [0.3, 0.4) is 0 Å². The van der Waals surface area contributed by atoms with E-state index in [4.69, 9.17) is 15.3 Å². The normalized spacial score (nSPS) is 13.3. The molecule has 38 heavy (non-hydrogen) atoms. The molecule has 0 aliphatic rings. The molecule has 7 heteroatoms. The number of aliphatic hydroxyl groups is 3. The molecule has 7 nitrogen and oxygen atoms in total. The maximum absolute atomic E-state index is 11.3. The Balaban J connectivity index is 0. The fraction of sp³-hybridized carbons (Fsp3) is 0.548. The van der Waals surface area contributed by atoms with Crippen LogP contribution in [0.15, 0.2) is 72.9 Å². The number of hydrogen-bond acceptors (Lipinski definition) is 5. The molecule has 0 aromatic carbocycles. The number of carbonyl (C=O) groups excluding carboxylic acids is 1. The Morgan fingerprint density at radius 3 is 1.55 bits per heavy atom. The highest BCUT2D eigenvalue weighted by molar-refractivity contribution is 5.81. The summed E-state index contributed by atoms with van der Waals surface area (Å²) in [5, 5.41) is 37.8. The topological polar surface area (TPSA) is 127 Å². The molecule has 0 spiro atoms. The third kappa shape index (κ3) is 26.3. The van der Waals surface area contributed by atoms with Gasteiger partial charge in [0.15, 0.2) is 0 Å². The molecular weight excluding hydrogens is 482 g/mol. The van der Waals surface area contributed by atoms with Gasteiger partial charge in [-0.3, -0.25) is 9.59 Å². The summed E-state index contributed by atoms with van der Waals surface area (Å²) in [5.74, 6) is -1.26. The quantitative estimate of drug-likeness (QED) is 0.105. The molecule has 1 atom stereocenters. The number of hydrogen-bond donors (Lipinski definition) is 5. The van der Waals surface area contributed by atoms with E-state index in [0.717, 1.165) is 38.5 Å². The summed E-state index contributed by atoms with van der Waals surface area (Å²) in [4.78, 5) is 21.6. The minimum Gasteiger partial charge on any atom is -0.481 e. The largest absolute Gasteiger partial charge is 0.481 e. The van der Waals surface area contributed by atoms with E-state index in [1.165, 1.54) is 0 Å². The zero-order valence-electron chi connectivity index (χ0n) is 23.6. The predicted octanol–water partition coefficient (Wildman–Crippen LogP) is 5.41. The van der Waals surface area contributed by atoms with Gasteiger partial charge in [0, 0.05) is 25.0 Å². The average molecular weight is 534 g/mol. The van der Waals surface area contributed by atoms with Gasteiger partial charge >= 0.3 is 5.97 Å². The Morgan fingerprint density at radius 1 is 0.763 bits per heavy atom. The van der Waals surface area contributed by atoms with Gasteiger partial charge in [-0.2, -0.15) is 0 Å². The van der Waals surface area contributed by atoms with Crippen LogP contribution < -0.4 is 5.32 Å². The Labute approximate surface area is 230 Å². The van der Waals surface area contributed by atoms with E-state index in [0.29, 0.717) is 19.4 Å². The molecule has 0 aromatic rings. The highest BCUT2D eigenvalue weighted by Crippen LogP contribution is 2.19. The number of aliphatic carboxylic acids is 1. The van der Waals surface area contributed by atoms with Gasteiger partial charge in [-0.25, -0.2) is 0 Å². The number of aliphatic hydroxyl groups excluding tert-OH is 3. The van der Waals surface area contributed by atoms with E-state index in [9.17, 15) is 14.7 Å². The van der Waals surface area contributed by atoms with Crippen molar-refractivity contribution < 1.29 is 30.0 Å². The van der Waals surface area contributed by atoms with Gasteiger partial charge in [0.05, 0.1) is 6.61 Å². The fourth-order valence-corrected chi connectivity index (χ4v) is 2.68. The van der Waals surface area contributed by atoms with Crippen LogP contribution in [0, 0.1) is 5.41 Å². The molecule has 0 heterocycles. The molecule has 0 aromatic heterocycles. The summed E-state index contributed by atoms with van der Waals surface area (Å²) in [6.45, 7) is 5.41. The van der Waals surface area contributed by atoms with E-state index >= 15 is 0 Å². The van der Waals surface area contributed by atoms with E-state index in [1.807, 2.05) is 12.2 Å². The second-order valence-electron chi connectivity index (χ2n) is 9.27. The first-order chi connectivity index (χ1) is 18.2. The molecule has 0 saturated carbocycles. The second kappa shape index (κ2) is 27.3. The highest BCUT2D eigenvalue weighted by atomic mass is 16.4. The number of rotatable bonds is 20. The number of amides is 1. The van der Waals surface area contributed by atoms with Gasteiger partial charge in [0.1, 0.15) is 6.10 Å². The lowest BCUT2D eigenvalue weighted by Gasteiger charge is -2.27. The molecule has 0 aliphatic heterocycles. The predicted molar refractivity (Wildman–Crippen MR) is 157 cm³/mol. The van der Waals surface area contributed by atoms with E-state index in [-0.39, 0.29) is 19.6 Å². The number of carbonyl (C=O) groups is 2. The van der Waals surface area contributed by atoms with E-state index in [1.54, 1.807) is 13.8 Å². The molecule has 0 fully saturated rings. The van der Waals surface area contributed by atoms with Crippen LogP contribution in [0.2, 0.25) is 0 Å². The monoisotopic (exact) mass is 533 g/mol. The van der Waals surface area contributed by atoms with Gasteiger partial charge in [0.2, 0.25) is 5.91 Å². The number of carboxylic acids is 1. The summed E-state index contributed by atoms with van der Waals surface area (Å²) >= 11 is 0. The number of allylic oxidation sites excluding steroid dienone is 12. The fourth-order valence-electron chi connectivity index (χ4n) is 2.68. The third-order valence-electron chi connectivity index (χ3n) is 5.15. The van der Waals surface area contributed by atoms with E-state index < -0.39 is 23.4 Å². The Kier molecular flexibility index (Phi) is 26.9. The average Bonchev–Trinajstić information content (AvgIpc) is 2.89. The molecule has 0 radical (unpaired) electrons. The Morgan fingerprint density at radius 2 is 1.18 bits per heavy atom. The van der Waals surface area contributed by atoms with Crippen LogP contribution in [0.25, 0.3) is 0 Å². The molecule has 0 saturated heterocycles. The third-order valence-corrected chi connectivity index (χ3v) is 5.15. The van der Waals surface area contributed by atoms with Crippen LogP contribution >= 0.6 is 0 Å². The summed E-state index contributed by atoms with van der Waals surface area (Å²) < 4.78 is 0. The zero-order valence-corrected chi connectivity index (χ0v) is 23.6. The van der Waals surface area contributed by atoms with Crippen molar-refractivity contribution in [2.75, 3.05) is 19.8 Å². The molecule has 216 valence electrons. The highest BCUT2D eigenvalue weighted by Gasteiger charge is 2.32. The number of nitrogens with one attached hydrogen (secondary N) is 1. The van der Waals surface area contributed by atoms with Crippen LogP contribution in [0.1, 0.15) is 78.6 Å². The first-order valence-corrected chi connectivity index (χ1v) is 13.5. The Hall–Kier alpha value is -2.74. The molecule has 0 rings (SSSR count). The van der Waals surface area contributed by atoms with Crippen LogP contribution in [0.5, 0.6) is 0 Å². The summed E-state index contributed by atoms with van der Waals surface area (Å²) in [6.07, 6.45) is 31.7. The lowest BCUT2D eigenvalue weighted by molar-refractivity contribution is -0.137. The van der Waals surface area contributed by atoms with Crippen LogP contribution in [-0.2, 0) is 9.59 Å². The van der Waals surface area contributed by atoms with Crippen molar-refractivity contribution in [2.24, 2.45) is 5.41 Å². The van der Waals surface area contributed by atoms with Gasteiger partial charge in [-0.1, -0.05) is 93.7 Å². The molecule has 0 bridgehead atoms. The lowest BCUT2D eigenvalue weighted by atomic mass is 9.87. The molecule has 1 amide bonds. The smallest absolute Gasteiger partial charge is 0.303 e. The van der Waals surface area contributed by atoms with Crippen molar-refractivity contribution in [1.82, 2.24) is 5.32 Å². The van der Waals surface area contributed by atoms with Gasteiger partial charge < -0.3 is 25.7 Å². The van der Waals surface area contributed by atoms with Crippen molar-refractivity contribution >= 4 is 11.9 Å². The lowest BCUT2D eigenvalue weighted by Crippen LogP contribution is -2.45. The first kappa shape index (κ1) is 37.4. The van der Waals surface area contributed by atoms with Gasteiger partial charge in [-0.15, -0.1) is 0 Å². The molecule has 0 unspecified atom stereocenters. The maximum atomic E-state index is 11.3. The minimum atomic E-state index is -1.23. The Bertz CT molecular complexity index is 762. The summed E-state index contributed by atoms with van der Waals surface area (Å²) in [6, 6.07) is 0. The summed E-state index contributed by atoms with van der Waals surface area (Å²) in [7, 11) is 0.